The molecule has 0 aliphatic rings. The minimum absolute atomic E-state index is 0.260. The standard InChI is InChI=1S/C16H28N4O5/c1-6-7-11(2)15(24)20(5)12(10-21)16(25)19(4)9-14(23)18(3)8-13(17)22/h7,12,21H,6,8-10H2,1-5H3,(H2,17,22). The molecule has 0 radical (unpaired) electrons. The molecule has 0 fully saturated rings. The molecule has 142 valence electrons. The van der Waals surface area contributed by atoms with E-state index in [9.17, 15) is 24.3 Å². The van der Waals surface area contributed by atoms with Crippen molar-refractivity contribution in [3.8, 4) is 0 Å². The van der Waals surface area contributed by atoms with Crippen molar-refractivity contribution >= 4 is 23.6 Å². The van der Waals surface area contributed by atoms with E-state index >= 15 is 0 Å². The molecule has 0 spiro atoms. The number of aliphatic hydroxyl groups is 1. The first-order valence-corrected chi connectivity index (χ1v) is 7.88. The van der Waals surface area contributed by atoms with Crippen LogP contribution in [0.1, 0.15) is 20.3 Å². The Kier molecular flexibility index (Phi) is 9.43. The number of hydrogen-bond acceptors (Lipinski definition) is 5. The van der Waals surface area contributed by atoms with Gasteiger partial charge in [0.05, 0.1) is 19.7 Å². The van der Waals surface area contributed by atoms with Crippen LogP contribution in [0.15, 0.2) is 11.6 Å². The highest BCUT2D eigenvalue weighted by molar-refractivity contribution is 5.97. The Bertz CT molecular complexity index is 547. The first-order chi connectivity index (χ1) is 11.6. The van der Waals surface area contributed by atoms with E-state index in [1.807, 2.05) is 6.92 Å². The van der Waals surface area contributed by atoms with Crippen molar-refractivity contribution in [2.75, 3.05) is 40.8 Å². The molecule has 0 aromatic carbocycles. The van der Waals surface area contributed by atoms with Crippen molar-refractivity contribution in [3.05, 3.63) is 11.6 Å². The first-order valence-electron chi connectivity index (χ1n) is 7.88. The molecule has 4 amide bonds. The molecule has 0 rings (SSSR count). The number of amides is 4. The lowest BCUT2D eigenvalue weighted by Gasteiger charge is -2.30. The minimum Gasteiger partial charge on any atom is -0.394 e. The van der Waals surface area contributed by atoms with Crippen molar-refractivity contribution in [2.45, 2.75) is 26.3 Å². The molecule has 25 heavy (non-hydrogen) atoms. The largest absolute Gasteiger partial charge is 0.394 e. The molecule has 3 N–H and O–H groups in total. The average molecular weight is 356 g/mol. The number of primary amides is 1. The molecular formula is C16H28N4O5. The summed E-state index contributed by atoms with van der Waals surface area (Å²) in [5.74, 6) is -2.10. The van der Waals surface area contributed by atoms with Crippen LogP contribution in [0, 0.1) is 0 Å². The maximum Gasteiger partial charge on any atom is 0.249 e. The maximum atomic E-state index is 12.5. The molecule has 0 aromatic heterocycles. The summed E-state index contributed by atoms with van der Waals surface area (Å²) in [6.45, 7) is 2.38. The van der Waals surface area contributed by atoms with Crippen molar-refractivity contribution in [1.82, 2.24) is 14.7 Å². The molecule has 0 aliphatic heterocycles. The number of nitrogens with two attached hydrogens (primary N) is 1. The predicted octanol–water partition coefficient (Wildman–Crippen LogP) is -1.44. The van der Waals surface area contributed by atoms with E-state index in [-0.39, 0.29) is 19.0 Å². The van der Waals surface area contributed by atoms with Gasteiger partial charge in [-0.1, -0.05) is 13.0 Å². The summed E-state index contributed by atoms with van der Waals surface area (Å²) >= 11 is 0. The summed E-state index contributed by atoms with van der Waals surface area (Å²) < 4.78 is 0. The van der Waals surface area contributed by atoms with Crippen LogP contribution in [0.4, 0.5) is 0 Å². The van der Waals surface area contributed by atoms with E-state index in [0.717, 1.165) is 14.7 Å². The Morgan fingerprint density at radius 2 is 1.64 bits per heavy atom. The van der Waals surface area contributed by atoms with Gasteiger partial charge in [-0.3, -0.25) is 19.2 Å². The fourth-order valence-electron chi connectivity index (χ4n) is 2.16. The summed E-state index contributed by atoms with van der Waals surface area (Å²) in [6, 6.07) is -1.10. The Labute approximate surface area is 148 Å². The number of aliphatic hydroxyl groups excluding tert-OH is 1. The Balaban J connectivity index is 5.02. The lowest BCUT2D eigenvalue weighted by Crippen LogP contribution is -2.52. The first kappa shape index (κ1) is 22.6. The second kappa shape index (κ2) is 10.4. The number of carbonyl (C=O) groups excluding carboxylic acids is 4. The number of rotatable bonds is 9. The molecule has 0 aliphatic carbocycles. The van der Waals surface area contributed by atoms with Gasteiger partial charge in [0.2, 0.25) is 23.6 Å². The van der Waals surface area contributed by atoms with Gasteiger partial charge in [0.25, 0.3) is 0 Å². The summed E-state index contributed by atoms with van der Waals surface area (Å²) in [6.07, 6.45) is 2.40. The molecule has 9 heteroatoms. The van der Waals surface area contributed by atoms with Gasteiger partial charge in [0.15, 0.2) is 0 Å². The number of hydrogen-bond donors (Lipinski definition) is 2. The Hall–Kier alpha value is -2.42. The second-order valence-electron chi connectivity index (χ2n) is 5.82. The highest BCUT2D eigenvalue weighted by Crippen LogP contribution is 2.08. The molecule has 0 saturated heterocycles. The lowest BCUT2D eigenvalue weighted by molar-refractivity contribution is -0.146. The fraction of sp³-hybridized carbons (Fsp3) is 0.625. The van der Waals surface area contributed by atoms with Gasteiger partial charge in [0.1, 0.15) is 6.04 Å². The van der Waals surface area contributed by atoms with Crippen LogP contribution in [0.3, 0.4) is 0 Å². The summed E-state index contributed by atoms with van der Waals surface area (Å²) in [5, 5.41) is 9.52. The predicted molar refractivity (Wildman–Crippen MR) is 92.2 cm³/mol. The second-order valence-corrected chi connectivity index (χ2v) is 5.82. The van der Waals surface area contributed by atoms with Crippen LogP contribution in [0.2, 0.25) is 0 Å². The van der Waals surface area contributed by atoms with Crippen LogP contribution < -0.4 is 5.73 Å². The fourth-order valence-corrected chi connectivity index (χ4v) is 2.16. The minimum atomic E-state index is -1.10. The summed E-state index contributed by atoms with van der Waals surface area (Å²) in [7, 11) is 4.19. The van der Waals surface area contributed by atoms with E-state index in [0.29, 0.717) is 12.0 Å². The van der Waals surface area contributed by atoms with E-state index in [2.05, 4.69) is 0 Å². The lowest BCUT2D eigenvalue weighted by atomic mass is 10.1. The molecule has 0 heterocycles. The summed E-state index contributed by atoms with van der Waals surface area (Å²) in [4.78, 5) is 50.9. The number of allylic oxidation sites excluding steroid dienone is 1. The van der Waals surface area contributed by atoms with E-state index in [4.69, 9.17) is 5.73 Å². The van der Waals surface area contributed by atoms with E-state index < -0.39 is 30.4 Å². The average Bonchev–Trinajstić information content (AvgIpc) is 2.53. The highest BCUT2D eigenvalue weighted by Gasteiger charge is 2.30. The SMILES string of the molecule is CCC=C(C)C(=O)N(C)C(CO)C(=O)N(C)CC(=O)N(C)CC(N)=O. The van der Waals surface area contributed by atoms with E-state index in [1.54, 1.807) is 13.0 Å². The maximum absolute atomic E-state index is 12.5. The van der Waals surface area contributed by atoms with Gasteiger partial charge < -0.3 is 25.5 Å². The third-order valence-corrected chi connectivity index (χ3v) is 3.66. The zero-order valence-electron chi connectivity index (χ0n) is 15.5. The third kappa shape index (κ3) is 6.92. The molecule has 1 unspecified atom stereocenters. The van der Waals surface area contributed by atoms with Crippen molar-refractivity contribution in [1.29, 1.82) is 0 Å². The normalized spacial score (nSPS) is 12.3. The van der Waals surface area contributed by atoms with Crippen LogP contribution >= 0.6 is 0 Å². The smallest absolute Gasteiger partial charge is 0.249 e. The topological polar surface area (TPSA) is 124 Å². The van der Waals surface area contributed by atoms with Crippen molar-refractivity contribution in [2.24, 2.45) is 5.73 Å². The molecule has 0 aromatic rings. The van der Waals surface area contributed by atoms with E-state index in [1.165, 1.54) is 21.1 Å². The van der Waals surface area contributed by atoms with Gasteiger partial charge in [-0.2, -0.15) is 0 Å². The Morgan fingerprint density at radius 1 is 1.08 bits per heavy atom. The zero-order chi connectivity index (χ0) is 19.7. The van der Waals surface area contributed by atoms with Crippen LogP contribution in [-0.2, 0) is 19.2 Å². The van der Waals surface area contributed by atoms with Gasteiger partial charge in [0, 0.05) is 26.7 Å². The molecule has 0 bridgehead atoms. The molecular weight excluding hydrogens is 328 g/mol. The number of nitrogens with zero attached hydrogens (tertiary/aromatic N) is 3. The third-order valence-electron chi connectivity index (χ3n) is 3.66. The molecule has 1 atom stereocenters. The van der Waals surface area contributed by atoms with Crippen LogP contribution in [0.25, 0.3) is 0 Å². The van der Waals surface area contributed by atoms with Crippen molar-refractivity contribution in [3.63, 3.8) is 0 Å². The number of likely N-dealkylation sites (N-methyl/N-ethyl adjacent to an activating group) is 3. The van der Waals surface area contributed by atoms with Gasteiger partial charge >= 0.3 is 0 Å². The van der Waals surface area contributed by atoms with Gasteiger partial charge in [-0.05, 0) is 13.3 Å². The molecule has 0 saturated carbocycles. The molecule has 9 nitrogen and oxygen atoms in total. The monoisotopic (exact) mass is 356 g/mol. The highest BCUT2D eigenvalue weighted by atomic mass is 16.3. The van der Waals surface area contributed by atoms with Crippen molar-refractivity contribution < 1.29 is 24.3 Å². The summed E-state index contributed by atoms with van der Waals surface area (Å²) in [5.41, 5.74) is 5.49. The zero-order valence-corrected chi connectivity index (χ0v) is 15.5. The number of carbonyl (C=O) groups is 4. The Morgan fingerprint density at radius 3 is 2.08 bits per heavy atom. The van der Waals surface area contributed by atoms with Gasteiger partial charge in [-0.15, -0.1) is 0 Å². The quantitative estimate of drug-likeness (QED) is 0.490. The van der Waals surface area contributed by atoms with Crippen LogP contribution in [-0.4, -0.2) is 90.3 Å². The van der Waals surface area contributed by atoms with Crippen LogP contribution in [0.5, 0.6) is 0 Å². The van der Waals surface area contributed by atoms with Gasteiger partial charge in [-0.25, -0.2) is 0 Å².